The number of hydrogen-bond donors (Lipinski definition) is 1. The smallest absolute Gasteiger partial charge is 0.348 e. The molecule has 0 bridgehead atoms. The van der Waals surface area contributed by atoms with Gasteiger partial charge in [0, 0.05) is 17.4 Å². The van der Waals surface area contributed by atoms with Crippen molar-refractivity contribution in [2.45, 2.75) is 73.8 Å². The quantitative estimate of drug-likeness (QED) is 0.511. The summed E-state index contributed by atoms with van der Waals surface area (Å²) in [5.74, 6) is 6.19. The van der Waals surface area contributed by atoms with Crippen molar-refractivity contribution in [3.8, 4) is 11.8 Å². The molecule has 1 aliphatic carbocycles. The van der Waals surface area contributed by atoms with Gasteiger partial charge in [0.2, 0.25) is 5.91 Å². The van der Waals surface area contributed by atoms with Crippen molar-refractivity contribution in [3.63, 3.8) is 0 Å². The summed E-state index contributed by atoms with van der Waals surface area (Å²) in [6.45, 7) is 14.3. The van der Waals surface area contributed by atoms with Crippen molar-refractivity contribution in [3.05, 3.63) is 15.8 Å². The fraction of sp³-hybridized carbons (Fsp3) is 0.652. The molecule has 1 aromatic rings. The Balaban J connectivity index is 0. The molecule has 0 aromatic carbocycles. The predicted octanol–water partition coefficient (Wildman–Crippen LogP) is 6.00. The number of carbonyl (C=O) groups excluding carboxylic acids is 1. The van der Waals surface area contributed by atoms with E-state index in [4.69, 9.17) is 0 Å². The molecule has 1 N–H and O–H groups in total. The first-order valence-corrected chi connectivity index (χ1v) is 11.0. The highest BCUT2D eigenvalue weighted by molar-refractivity contribution is 7.59. The zero-order valence-electron chi connectivity index (χ0n) is 19.6. The first-order chi connectivity index (χ1) is 12.9. The molecule has 178 valence electrons. The van der Waals surface area contributed by atoms with Crippen LogP contribution in [0, 0.1) is 35.0 Å². The minimum atomic E-state index is -1.01. The zero-order valence-corrected chi connectivity index (χ0v) is 23.4. The molecule has 31 heavy (non-hydrogen) atoms. The van der Waals surface area contributed by atoms with Gasteiger partial charge in [0.15, 0.2) is 0 Å². The van der Waals surface area contributed by atoms with Gasteiger partial charge in [0.25, 0.3) is 0 Å². The van der Waals surface area contributed by atoms with Crippen LogP contribution >= 0.6 is 51.8 Å². The first-order valence-electron chi connectivity index (χ1n) is 10.1. The van der Waals surface area contributed by atoms with E-state index in [0.29, 0.717) is 22.4 Å². The van der Waals surface area contributed by atoms with Crippen LogP contribution in [0.25, 0.3) is 0 Å². The van der Waals surface area contributed by atoms with Gasteiger partial charge in [-0.3, -0.25) is 4.79 Å². The average molecular weight is 506 g/mol. The first kappa shape index (κ1) is 32.4. The Morgan fingerprint density at radius 3 is 2.19 bits per heavy atom. The van der Waals surface area contributed by atoms with Crippen LogP contribution in [0.4, 0.5) is 5.69 Å². The Labute approximate surface area is 212 Å². The molecule has 0 spiro atoms. The van der Waals surface area contributed by atoms with Crippen molar-refractivity contribution in [1.29, 1.82) is 0 Å². The van der Waals surface area contributed by atoms with Crippen LogP contribution in [-0.2, 0) is 4.79 Å². The van der Waals surface area contributed by atoms with Gasteiger partial charge >= 0.3 is 5.97 Å². The van der Waals surface area contributed by atoms with E-state index in [-0.39, 0.29) is 68.6 Å². The van der Waals surface area contributed by atoms with Crippen molar-refractivity contribution < 1.29 is 14.7 Å². The molecule has 1 saturated carbocycles. The third-order valence-electron chi connectivity index (χ3n) is 5.23. The van der Waals surface area contributed by atoms with E-state index in [1.54, 1.807) is 11.0 Å². The highest BCUT2D eigenvalue weighted by Gasteiger charge is 2.36. The number of amides is 1. The number of rotatable bonds is 4. The normalized spacial score (nSPS) is 20.3. The van der Waals surface area contributed by atoms with Gasteiger partial charge in [0.05, 0.1) is 10.6 Å². The van der Waals surface area contributed by atoms with E-state index in [9.17, 15) is 14.7 Å². The molecule has 4 nitrogen and oxygen atoms in total. The van der Waals surface area contributed by atoms with Crippen molar-refractivity contribution in [2.24, 2.45) is 23.2 Å². The summed E-state index contributed by atoms with van der Waals surface area (Å²) < 4.78 is 0. The highest BCUT2D eigenvalue weighted by atomic mass is 32.1. The number of anilines is 1. The van der Waals surface area contributed by atoms with Gasteiger partial charge in [-0.1, -0.05) is 25.7 Å². The molecule has 0 saturated heterocycles. The molecule has 1 amide bonds. The standard InChI is InChI=1S/C23H33NO3S.3H2S/c1-14(2)24(21(25)18-9-8-15(3)12-16(18)4)19-13-17(10-11-23(5,6)7)28-20(19)22(26)27;;;/h13-16,18H,8-9,12H2,1-7H3,(H,26,27);3*1H2/t15-,16-,18?;;;/m0.../s1. The van der Waals surface area contributed by atoms with Gasteiger partial charge in [-0.25, -0.2) is 4.79 Å². The van der Waals surface area contributed by atoms with Gasteiger partial charge in [-0.15, -0.1) is 11.3 Å². The third-order valence-corrected chi connectivity index (χ3v) is 6.26. The number of carboxylic acids is 1. The van der Waals surface area contributed by atoms with Crippen LogP contribution in [0.5, 0.6) is 0 Å². The van der Waals surface area contributed by atoms with E-state index in [0.717, 1.165) is 30.6 Å². The average Bonchev–Trinajstić information content (AvgIpc) is 2.96. The summed E-state index contributed by atoms with van der Waals surface area (Å²) in [6, 6.07) is 1.66. The van der Waals surface area contributed by atoms with Gasteiger partial charge < -0.3 is 10.0 Å². The van der Waals surface area contributed by atoms with Crippen molar-refractivity contribution in [1.82, 2.24) is 0 Å². The molecule has 8 heteroatoms. The van der Waals surface area contributed by atoms with Gasteiger partial charge in [-0.05, 0) is 71.8 Å². The fourth-order valence-electron chi connectivity index (χ4n) is 3.89. The third kappa shape index (κ3) is 8.60. The van der Waals surface area contributed by atoms with Gasteiger partial charge in [0.1, 0.15) is 4.88 Å². The van der Waals surface area contributed by atoms with E-state index in [1.807, 2.05) is 34.6 Å². The monoisotopic (exact) mass is 505 g/mol. The van der Waals surface area contributed by atoms with Crippen LogP contribution < -0.4 is 4.90 Å². The van der Waals surface area contributed by atoms with Crippen LogP contribution in [0.3, 0.4) is 0 Å². The summed E-state index contributed by atoms with van der Waals surface area (Å²) in [5, 5.41) is 9.74. The fourth-order valence-corrected chi connectivity index (χ4v) is 4.73. The molecule has 0 aliphatic heterocycles. The largest absolute Gasteiger partial charge is 0.477 e. The van der Waals surface area contributed by atoms with Crippen molar-refractivity contribution >= 4 is 69.4 Å². The number of nitrogens with zero attached hydrogens (tertiary/aromatic N) is 1. The maximum absolute atomic E-state index is 13.5. The van der Waals surface area contributed by atoms with E-state index < -0.39 is 5.97 Å². The highest BCUT2D eigenvalue weighted by Crippen LogP contribution is 2.38. The second-order valence-electron chi connectivity index (χ2n) is 9.43. The molecular weight excluding hydrogens is 467 g/mol. The summed E-state index contributed by atoms with van der Waals surface area (Å²) in [7, 11) is 0. The molecule has 3 atom stereocenters. The lowest BCUT2D eigenvalue weighted by Gasteiger charge is -2.37. The number of carboxylic acid groups (broad SMARTS) is 1. The molecule has 2 rings (SSSR count). The molecule has 1 heterocycles. The van der Waals surface area contributed by atoms with Crippen molar-refractivity contribution in [2.75, 3.05) is 4.90 Å². The van der Waals surface area contributed by atoms with E-state index in [2.05, 4.69) is 25.7 Å². The van der Waals surface area contributed by atoms with Crippen LogP contribution in [-0.4, -0.2) is 23.0 Å². The zero-order chi connectivity index (χ0) is 21.2. The molecule has 1 aliphatic rings. The number of carbonyl (C=O) groups is 2. The maximum Gasteiger partial charge on any atom is 0.348 e. The number of thiophene rings is 1. The summed E-state index contributed by atoms with van der Waals surface area (Å²) in [6.07, 6.45) is 2.96. The summed E-state index contributed by atoms with van der Waals surface area (Å²) in [4.78, 5) is 27.9. The Kier molecular flexibility index (Phi) is 13.7. The molecule has 1 aromatic heterocycles. The van der Waals surface area contributed by atoms with Crippen LogP contribution in [0.1, 0.15) is 82.3 Å². The number of aromatic carboxylic acids is 1. The molecule has 1 unspecified atom stereocenters. The Morgan fingerprint density at radius 2 is 1.74 bits per heavy atom. The lowest BCUT2D eigenvalue weighted by molar-refractivity contribution is -0.125. The lowest BCUT2D eigenvalue weighted by Crippen LogP contribution is -2.44. The minimum Gasteiger partial charge on any atom is -0.477 e. The lowest BCUT2D eigenvalue weighted by atomic mass is 9.75. The predicted molar refractivity (Wildman–Crippen MR) is 147 cm³/mol. The Morgan fingerprint density at radius 1 is 1.16 bits per heavy atom. The van der Waals surface area contributed by atoms with Crippen LogP contribution in [0.15, 0.2) is 6.07 Å². The molecular formula is C23H39NO3S4. The maximum atomic E-state index is 13.5. The Bertz CT molecular complexity index is 802. The number of hydrogen-bond acceptors (Lipinski definition) is 3. The van der Waals surface area contributed by atoms with E-state index >= 15 is 0 Å². The second kappa shape index (κ2) is 13.1. The SMILES string of the molecule is CC(C)N(C(=O)C1CC[C@H](C)C[C@@H]1C)c1cc(C#CC(C)(C)C)sc1C(=O)O.S.S.S. The van der Waals surface area contributed by atoms with E-state index in [1.165, 1.54) is 0 Å². The van der Waals surface area contributed by atoms with Crippen LogP contribution in [0.2, 0.25) is 0 Å². The molecule has 0 radical (unpaired) electrons. The molecule has 1 fully saturated rings. The minimum absolute atomic E-state index is 0. The van der Waals surface area contributed by atoms with Gasteiger partial charge in [-0.2, -0.15) is 40.5 Å². The Hall–Kier alpha value is -0.750. The summed E-state index contributed by atoms with van der Waals surface area (Å²) >= 11 is 1.15. The second-order valence-corrected chi connectivity index (χ2v) is 10.5. The topological polar surface area (TPSA) is 57.6 Å². The summed E-state index contributed by atoms with van der Waals surface area (Å²) in [5.41, 5.74) is 0.316.